The molecule has 1 amide bonds. The van der Waals surface area contributed by atoms with Crippen molar-refractivity contribution in [1.29, 1.82) is 0 Å². The fourth-order valence-corrected chi connectivity index (χ4v) is 1.88. The van der Waals surface area contributed by atoms with Crippen LogP contribution >= 0.6 is 11.6 Å². The van der Waals surface area contributed by atoms with Crippen molar-refractivity contribution in [3.05, 3.63) is 40.7 Å². The van der Waals surface area contributed by atoms with Gasteiger partial charge in [-0.3, -0.25) is 0 Å². The molecule has 19 heavy (non-hydrogen) atoms. The SMILES string of the molecule is Cc1nnn(C(COC(N)=O)c2ccccc2Cl)n1. The molecule has 8 heteroatoms. The van der Waals surface area contributed by atoms with Gasteiger partial charge in [-0.1, -0.05) is 29.8 Å². The highest BCUT2D eigenvalue weighted by Gasteiger charge is 2.20. The molecule has 1 atom stereocenters. The Hall–Kier alpha value is -2.15. The Morgan fingerprint density at radius 1 is 1.53 bits per heavy atom. The topological polar surface area (TPSA) is 95.9 Å². The van der Waals surface area contributed by atoms with Gasteiger partial charge in [-0.05, 0) is 18.2 Å². The first-order valence-electron chi connectivity index (χ1n) is 5.50. The monoisotopic (exact) mass is 281 g/mol. The summed E-state index contributed by atoms with van der Waals surface area (Å²) >= 11 is 6.13. The lowest BCUT2D eigenvalue weighted by Gasteiger charge is -2.16. The first-order valence-corrected chi connectivity index (χ1v) is 5.88. The van der Waals surface area contributed by atoms with Crippen LogP contribution in [-0.2, 0) is 4.74 Å². The van der Waals surface area contributed by atoms with E-state index in [1.165, 1.54) is 4.80 Å². The first-order chi connectivity index (χ1) is 9.08. The number of benzene rings is 1. The van der Waals surface area contributed by atoms with Crippen LogP contribution in [0, 0.1) is 6.92 Å². The molecular weight excluding hydrogens is 270 g/mol. The molecule has 1 heterocycles. The number of nitrogens with zero attached hydrogens (tertiary/aromatic N) is 4. The zero-order chi connectivity index (χ0) is 13.8. The van der Waals surface area contributed by atoms with Crippen molar-refractivity contribution in [3.63, 3.8) is 0 Å². The van der Waals surface area contributed by atoms with Crippen molar-refractivity contribution >= 4 is 17.7 Å². The van der Waals surface area contributed by atoms with Gasteiger partial charge in [0.1, 0.15) is 12.6 Å². The molecule has 0 bridgehead atoms. The summed E-state index contributed by atoms with van der Waals surface area (Å²) in [5.74, 6) is 0.510. The van der Waals surface area contributed by atoms with E-state index in [-0.39, 0.29) is 6.61 Å². The standard InChI is InChI=1S/C11H12ClN5O2/c1-7-14-16-17(15-7)10(6-19-11(13)18)8-4-2-3-5-9(8)12/h2-5,10H,6H2,1H3,(H2,13,18). The molecule has 2 aromatic rings. The minimum absolute atomic E-state index is 0.0190. The van der Waals surface area contributed by atoms with E-state index in [0.717, 1.165) is 5.56 Å². The number of primary amides is 1. The van der Waals surface area contributed by atoms with Crippen molar-refractivity contribution < 1.29 is 9.53 Å². The molecule has 0 aliphatic carbocycles. The number of hydrogen-bond donors (Lipinski definition) is 1. The van der Waals surface area contributed by atoms with Gasteiger partial charge in [0.25, 0.3) is 0 Å². The Bertz CT molecular complexity index is 586. The number of aryl methyl sites for hydroxylation is 1. The maximum Gasteiger partial charge on any atom is 0.404 e. The molecule has 1 unspecified atom stereocenters. The third-order valence-electron chi connectivity index (χ3n) is 2.45. The average Bonchev–Trinajstić information content (AvgIpc) is 2.78. The van der Waals surface area contributed by atoms with Gasteiger partial charge in [0.2, 0.25) is 0 Å². The molecule has 1 aromatic carbocycles. The van der Waals surface area contributed by atoms with Crippen LogP contribution in [0.1, 0.15) is 17.4 Å². The molecule has 7 nitrogen and oxygen atoms in total. The van der Waals surface area contributed by atoms with Crippen LogP contribution in [0.2, 0.25) is 5.02 Å². The van der Waals surface area contributed by atoms with Crippen molar-refractivity contribution in [3.8, 4) is 0 Å². The van der Waals surface area contributed by atoms with E-state index >= 15 is 0 Å². The van der Waals surface area contributed by atoms with E-state index in [1.807, 2.05) is 6.07 Å². The second kappa shape index (κ2) is 5.66. The lowest BCUT2D eigenvalue weighted by atomic mass is 10.1. The predicted molar refractivity (Wildman–Crippen MR) is 67.7 cm³/mol. The summed E-state index contributed by atoms with van der Waals surface area (Å²) in [4.78, 5) is 12.1. The zero-order valence-electron chi connectivity index (χ0n) is 10.2. The van der Waals surface area contributed by atoms with Crippen LogP contribution in [0.4, 0.5) is 4.79 Å². The molecule has 0 saturated carbocycles. The fourth-order valence-electron chi connectivity index (χ4n) is 1.62. The number of aromatic nitrogens is 4. The molecule has 100 valence electrons. The average molecular weight is 282 g/mol. The van der Waals surface area contributed by atoms with Crippen LogP contribution in [0.5, 0.6) is 0 Å². The van der Waals surface area contributed by atoms with Gasteiger partial charge in [0.05, 0.1) is 0 Å². The highest BCUT2D eigenvalue weighted by Crippen LogP contribution is 2.25. The number of carbonyl (C=O) groups excluding carboxylic acids is 1. The van der Waals surface area contributed by atoms with E-state index in [4.69, 9.17) is 22.1 Å². The second-order valence-electron chi connectivity index (χ2n) is 3.82. The largest absolute Gasteiger partial charge is 0.447 e. The number of carbonyl (C=O) groups is 1. The molecule has 0 spiro atoms. The van der Waals surface area contributed by atoms with Gasteiger partial charge in [-0.25, -0.2) is 4.79 Å². The van der Waals surface area contributed by atoms with Gasteiger partial charge in [0, 0.05) is 10.6 Å². The number of ether oxygens (including phenoxy) is 1. The molecule has 0 radical (unpaired) electrons. The summed E-state index contributed by atoms with van der Waals surface area (Å²) in [5.41, 5.74) is 5.71. The molecule has 0 aliphatic heterocycles. The second-order valence-corrected chi connectivity index (χ2v) is 4.23. The van der Waals surface area contributed by atoms with Crippen molar-refractivity contribution in [2.75, 3.05) is 6.61 Å². The van der Waals surface area contributed by atoms with Crippen LogP contribution < -0.4 is 5.73 Å². The van der Waals surface area contributed by atoms with Gasteiger partial charge < -0.3 is 10.5 Å². The summed E-state index contributed by atoms with van der Waals surface area (Å²) in [7, 11) is 0. The Kier molecular flexibility index (Phi) is 3.96. The maximum absolute atomic E-state index is 10.8. The van der Waals surface area contributed by atoms with Gasteiger partial charge in [0.15, 0.2) is 5.82 Å². The Morgan fingerprint density at radius 3 is 2.84 bits per heavy atom. The Balaban J connectivity index is 2.34. The van der Waals surface area contributed by atoms with Crippen LogP contribution in [0.25, 0.3) is 0 Å². The summed E-state index contributed by atoms with van der Waals surface area (Å²) in [5, 5.41) is 12.3. The molecule has 0 fully saturated rings. The third-order valence-corrected chi connectivity index (χ3v) is 2.80. The van der Waals surface area contributed by atoms with Gasteiger partial charge >= 0.3 is 6.09 Å². The third kappa shape index (κ3) is 3.19. The number of halogens is 1. The lowest BCUT2D eigenvalue weighted by molar-refractivity contribution is 0.139. The summed E-state index contributed by atoms with van der Waals surface area (Å²) in [6.07, 6.45) is -0.867. The quantitative estimate of drug-likeness (QED) is 0.912. The normalized spacial score (nSPS) is 12.1. The summed E-state index contributed by atoms with van der Waals surface area (Å²) < 4.78 is 4.83. The maximum atomic E-state index is 10.8. The fraction of sp³-hybridized carbons (Fsp3) is 0.273. The van der Waals surface area contributed by atoms with Gasteiger partial charge in [-0.2, -0.15) is 4.80 Å². The number of hydrogen-bond acceptors (Lipinski definition) is 5. The van der Waals surface area contributed by atoms with Crippen molar-refractivity contribution in [1.82, 2.24) is 20.2 Å². The zero-order valence-corrected chi connectivity index (χ0v) is 10.9. The van der Waals surface area contributed by atoms with E-state index in [1.54, 1.807) is 25.1 Å². The summed E-state index contributed by atoms with van der Waals surface area (Å²) in [6, 6.07) is 6.69. The van der Waals surface area contributed by atoms with E-state index in [0.29, 0.717) is 10.8 Å². The van der Waals surface area contributed by atoms with Crippen molar-refractivity contribution in [2.24, 2.45) is 5.73 Å². The van der Waals surface area contributed by atoms with E-state index in [2.05, 4.69) is 15.4 Å². The van der Waals surface area contributed by atoms with E-state index < -0.39 is 12.1 Å². The molecule has 0 aliphatic rings. The summed E-state index contributed by atoms with van der Waals surface area (Å²) in [6.45, 7) is 1.69. The van der Waals surface area contributed by atoms with Crippen LogP contribution in [-0.4, -0.2) is 32.9 Å². The van der Waals surface area contributed by atoms with E-state index in [9.17, 15) is 4.79 Å². The van der Waals surface area contributed by atoms with Crippen molar-refractivity contribution in [2.45, 2.75) is 13.0 Å². The Labute approximate surface area is 114 Å². The molecular formula is C11H12ClN5O2. The molecule has 2 N–H and O–H groups in total. The number of amides is 1. The number of rotatable bonds is 4. The highest BCUT2D eigenvalue weighted by molar-refractivity contribution is 6.31. The minimum atomic E-state index is -0.867. The first kappa shape index (κ1) is 13.3. The predicted octanol–water partition coefficient (Wildman–Crippen LogP) is 1.32. The smallest absolute Gasteiger partial charge is 0.404 e. The minimum Gasteiger partial charge on any atom is -0.447 e. The number of tetrazole rings is 1. The van der Waals surface area contributed by atoms with Gasteiger partial charge in [-0.15, -0.1) is 10.2 Å². The number of nitrogens with two attached hydrogens (primary N) is 1. The molecule has 0 saturated heterocycles. The highest BCUT2D eigenvalue weighted by atomic mass is 35.5. The van der Waals surface area contributed by atoms with Crippen LogP contribution in [0.3, 0.4) is 0 Å². The lowest BCUT2D eigenvalue weighted by Crippen LogP contribution is -2.24. The Morgan fingerprint density at radius 2 is 2.26 bits per heavy atom. The molecule has 1 aromatic heterocycles. The van der Waals surface area contributed by atoms with Crippen LogP contribution in [0.15, 0.2) is 24.3 Å². The molecule has 2 rings (SSSR count).